The SMILES string of the molecule is [N-]=[N+]=NCc1cc(=O)oc2cc(Cl)ccc12. The normalized spacial score (nSPS) is 10.1. The summed E-state index contributed by atoms with van der Waals surface area (Å²) in [5.74, 6) is 0. The van der Waals surface area contributed by atoms with Gasteiger partial charge in [-0.2, -0.15) is 0 Å². The minimum absolute atomic E-state index is 0.111. The quantitative estimate of drug-likeness (QED) is 0.347. The highest BCUT2D eigenvalue weighted by Crippen LogP contribution is 2.21. The van der Waals surface area contributed by atoms with Crippen LogP contribution in [0.25, 0.3) is 21.4 Å². The highest BCUT2D eigenvalue weighted by molar-refractivity contribution is 6.31. The van der Waals surface area contributed by atoms with Crippen LogP contribution in [-0.4, -0.2) is 0 Å². The predicted molar refractivity (Wildman–Crippen MR) is 60.3 cm³/mol. The maximum Gasteiger partial charge on any atom is 0.336 e. The van der Waals surface area contributed by atoms with E-state index in [-0.39, 0.29) is 6.54 Å². The van der Waals surface area contributed by atoms with Gasteiger partial charge in [0.15, 0.2) is 0 Å². The number of fused-ring (bicyclic) bond motifs is 1. The summed E-state index contributed by atoms with van der Waals surface area (Å²) in [5.41, 5.74) is 8.78. The van der Waals surface area contributed by atoms with Crippen molar-refractivity contribution in [3.05, 3.63) is 55.7 Å². The Kier molecular flexibility index (Phi) is 2.81. The van der Waals surface area contributed by atoms with Crippen molar-refractivity contribution < 1.29 is 4.42 Å². The van der Waals surface area contributed by atoms with Crippen molar-refractivity contribution in [2.75, 3.05) is 0 Å². The van der Waals surface area contributed by atoms with Crippen molar-refractivity contribution in [1.29, 1.82) is 0 Å². The van der Waals surface area contributed by atoms with E-state index in [0.717, 1.165) is 5.39 Å². The molecule has 0 aliphatic heterocycles. The first-order chi connectivity index (χ1) is 7.70. The van der Waals surface area contributed by atoms with Gasteiger partial charge in [-0.15, -0.1) is 0 Å². The molecule has 2 aromatic rings. The molecule has 0 atom stereocenters. The molecule has 1 aromatic carbocycles. The molecule has 6 heteroatoms. The van der Waals surface area contributed by atoms with Crippen molar-refractivity contribution >= 4 is 22.6 Å². The van der Waals surface area contributed by atoms with Gasteiger partial charge in [-0.3, -0.25) is 0 Å². The van der Waals surface area contributed by atoms with Crippen LogP contribution in [0.15, 0.2) is 38.6 Å². The number of nitrogens with zero attached hydrogens (tertiary/aromatic N) is 3. The molecule has 1 heterocycles. The summed E-state index contributed by atoms with van der Waals surface area (Å²) in [4.78, 5) is 13.9. The summed E-state index contributed by atoms with van der Waals surface area (Å²) < 4.78 is 4.99. The van der Waals surface area contributed by atoms with Crippen LogP contribution in [0.2, 0.25) is 5.02 Å². The van der Waals surface area contributed by atoms with Crippen LogP contribution in [-0.2, 0) is 6.54 Å². The molecule has 16 heavy (non-hydrogen) atoms. The van der Waals surface area contributed by atoms with Crippen molar-refractivity contribution in [2.24, 2.45) is 5.11 Å². The Bertz CT molecular complexity index is 644. The fourth-order valence-electron chi connectivity index (χ4n) is 1.44. The molecule has 0 unspecified atom stereocenters. The summed E-state index contributed by atoms with van der Waals surface area (Å²) in [5, 5.41) is 4.62. The van der Waals surface area contributed by atoms with E-state index in [1.54, 1.807) is 18.2 Å². The highest BCUT2D eigenvalue weighted by Gasteiger charge is 2.05. The first-order valence-electron chi connectivity index (χ1n) is 4.44. The molecular weight excluding hydrogens is 230 g/mol. The Hall–Kier alpha value is -1.97. The van der Waals surface area contributed by atoms with Gasteiger partial charge in [0.1, 0.15) is 5.58 Å². The average Bonchev–Trinajstić information content (AvgIpc) is 2.25. The number of rotatable bonds is 2. The van der Waals surface area contributed by atoms with Crippen LogP contribution in [0.5, 0.6) is 0 Å². The molecule has 0 spiro atoms. The molecule has 0 radical (unpaired) electrons. The number of benzene rings is 1. The second kappa shape index (κ2) is 4.26. The Morgan fingerprint density at radius 3 is 3.00 bits per heavy atom. The lowest BCUT2D eigenvalue weighted by Crippen LogP contribution is -1.99. The Morgan fingerprint density at radius 2 is 2.25 bits per heavy atom. The molecule has 0 bridgehead atoms. The molecular formula is C10H6ClN3O2. The van der Waals surface area contributed by atoms with Gasteiger partial charge in [-0.1, -0.05) is 16.7 Å². The second-order valence-electron chi connectivity index (χ2n) is 3.12. The standard InChI is InChI=1S/C10H6ClN3O2/c11-7-1-2-8-6(5-13-14-12)3-10(15)16-9(8)4-7/h1-4H,5H2. The minimum atomic E-state index is -0.488. The third-order valence-electron chi connectivity index (χ3n) is 2.10. The van der Waals surface area contributed by atoms with E-state index >= 15 is 0 Å². The number of hydrogen-bond acceptors (Lipinski definition) is 3. The molecule has 0 aliphatic rings. The van der Waals surface area contributed by atoms with E-state index in [1.165, 1.54) is 6.07 Å². The fraction of sp³-hybridized carbons (Fsp3) is 0.100. The van der Waals surface area contributed by atoms with Crippen LogP contribution in [0.3, 0.4) is 0 Å². The summed E-state index contributed by atoms with van der Waals surface area (Å²) >= 11 is 5.78. The monoisotopic (exact) mass is 235 g/mol. The fourth-order valence-corrected chi connectivity index (χ4v) is 1.60. The van der Waals surface area contributed by atoms with Crippen molar-refractivity contribution in [2.45, 2.75) is 6.54 Å². The number of halogens is 1. The molecule has 0 saturated heterocycles. The summed E-state index contributed by atoms with van der Waals surface area (Å²) in [6.07, 6.45) is 0. The van der Waals surface area contributed by atoms with Gasteiger partial charge in [0.2, 0.25) is 0 Å². The maximum absolute atomic E-state index is 11.2. The summed E-state index contributed by atoms with van der Waals surface area (Å²) in [7, 11) is 0. The second-order valence-corrected chi connectivity index (χ2v) is 3.56. The van der Waals surface area contributed by atoms with Crippen molar-refractivity contribution in [1.82, 2.24) is 0 Å². The molecule has 0 N–H and O–H groups in total. The zero-order valence-corrected chi connectivity index (χ0v) is 8.81. The lowest BCUT2D eigenvalue weighted by molar-refractivity contribution is 0.559. The van der Waals surface area contributed by atoms with Gasteiger partial charge < -0.3 is 4.42 Å². The van der Waals surface area contributed by atoms with Gasteiger partial charge in [-0.25, -0.2) is 4.79 Å². The topological polar surface area (TPSA) is 79.0 Å². The van der Waals surface area contributed by atoms with Gasteiger partial charge in [0.05, 0.1) is 6.54 Å². The van der Waals surface area contributed by atoms with Gasteiger partial charge in [-0.05, 0) is 23.2 Å². The van der Waals surface area contributed by atoms with Crippen LogP contribution in [0, 0.1) is 0 Å². The summed E-state index contributed by atoms with van der Waals surface area (Å²) in [6.45, 7) is 0.111. The van der Waals surface area contributed by atoms with Crippen LogP contribution in [0.1, 0.15) is 5.56 Å². The predicted octanol–water partition coefficient (Wildman–Crippen LogP) is 3.26. The van der Waals surface area contributed by atoms with E-state index in [0.29, 0.717) is 16.2 Å². The molecule has 5 nitrogen and oxygen atoms in total. The van der Waals surface area contributed by atoms with E-state index in [1.807, 2.05) is 0 Å². The van der Waals surface area contributed by atoms with E-state index < -0.39 is 5.63 Å². The van der Waals surface area contributed by atoms with E-state index in [2.05, 4.69) is 10.0 Å². The minimum Gasteiger partial charge on any atom is -0.423 e. The van der Waals surface area contributed by atoms with E-state index in [9.17, 15) is 4.79 Å². The molecule has 80 valence electrons. The molecule has 0 fully saturated rings. The van der Waals surface area contributed by atoms with Gasteiger partial charge in [0, 0.05) is 27.5 Å². The Morgan fingerprint density at radius 1 is 1.44 bits per heavy atom. The van der Waals surface area contributed by atoms with Crippen molar-refractivity contribution in [3.8, 4) is 0 Å². The van der Waals surface area contributed by atoms with Crippen LogP contribution in [0.4, 0.5) is 0 Å². The lowest BCUT2D eigenvalue weighted by atomic mass is 10.1. The smallest absolute Gasteiger partial charge is 0.336 e. The zero-order chi connectivity index (χ0) is 11.5. The highest BCUT2D eigenvalue weighted by atomic mass is 35.5. The van der Waals surface area contributed by atoms with Gasteiger partial charge >= 0.3 is 5.63 Å². The first kappa shape index (κ1) is 10.5. The molecule has 1 aromatic heterocycles. The van der Waals surface area contributed by atoms with E-state index in [4.69, 9.17) is 21.5 Å². The average molecular weight is 236 g/mol. The Balaban J connectivity index is 2.72. The third kappa shape index (κ3) is 2.00. The molecule has 0 aliphatic carbocycles. The molecule has 0 saturated carbocycles. The number of azide groups is 1. The van der Waals surface area contributed by atoms with Crippen molar-refractivity contribution in [3.63, 3.8) is 0 Å². The lowest BCUT2D eigenvalue weighted by Gasteiger charge is -2.01. The molecule has 2 rings (SSSR count). The third-order valence-corrected chi connectivity index (χ3v) is 2.33. The van der Waals surface area contributed by atoms with Crippen LogP contribution < -0.4 is 5.63 Å². The first-order valence-corrected chi connectivity index (χ1v) is 4.81. The maximum atomic E-state index is 11.2. The zero-order valence-electron chi connectivity index (χ0n) is 8.05. The van der Waals surface area contributed by atoms with Crippen LogP contribution >= 0.6 is 11.6 Å². The number of hydrogen-bond donors (Lipinski definition) is 0. The largest absolute Gasteiger partial charge is 0.423 e. The Labute approximate surface area is 94.9 Å². The molecule has 0 amide bonds. The summed E-state index contributed by atoms with van der Waals surface area (Å²) in [6, 6.07) is 6.27. The van der Waals surface area contributed by atoms with Gasteiger partial charge in [0.25, 0.3) is 0 Å².